The number of carbonyl (C=O) groups excluding carboxylic acids is 9. The van der Waals surface area contributed by atoms with Gasteiger partial charge in [0.05, 0.1) is 18.8 Å². The molecule has 23 heteroatoms. The van der Waals surface area contributed by atoms with Gasteiger partial charge in [-0.15, -0.1) is 0 Å². The Kier molecular flexibility index (Phi) is 19.0. The van der Waals surface area contributed by atoms with Crippen LogP contribution in [-0.2, 0) is 62.4 Å². The number of hydrogen-bond acceptors (Lipinski definition) is 11. The number of para-hydroxylation sites is 1. The Balaban J connectivity index is 1.40. The van der Waals surface area contributed by atoms with Gasteiger partial charge in [0, 0.05) is 74.8 Å². The van der Waals surface area contributed by atoms with Crippen molar-refractivity contribution >= 4 is 69.9 Å². The number of nitrogens with one attached hydrogen (secondary N) is 9. The topological polar surface area (TPSA) is 350 Å². The molecule has 2 saturated heterocycles. The Bertz CT molecular complexity index is 2600. The quantitative estimate of drug-likeness (QED) is 0.0427. The minimum atomic E-state index is -1.50. The number of aromatic nitrogens is 3. The number of hydrogen-bond donors (Lipinski definition) is 11. The van der Waals surface area contributed by atoms with Gasteiger partial charge in [0.25, 0.3) is 0 Å². The van der Waals surface area contributed by atoms with Crippen LogP contribution in [0.3, 0.4) is 0 Å². The molecule has 0 aliphatic carbocycles. The standard InChI is InChI=1S/C49H64N14O9/c1-28(64)41-17-10-20-63(41)48(72)40-24-42(66)53-18-8-15-35(57-29(2)65)43(67)61-39(23-32-26-52-27-56-32)47(71)59-37(21-30-11-4-3-5-12-30)45(69)58-36(16-9-19-54-49(50)51)44(68)60-38(46(70)62-40)22-31-25-55-34-14-7-6-13-33(31)34/h3-7,11-14,25-27,35-41,55H,8-10,15-24H2,1-2H3,(H,52,56)(H,53,66)(H,57,65)(H,58,69)(H,59,71)(H,60,68)(H,61,67)(H,62,70)(H4,50,51,54)/t35-,36-,37+,38-,39-,40-,41-/m0/s1. The van der Waals surface area contributed by atoms with Gasteiger partial charge in [-0.25, -0.2) is 4.98 Å². The van der Waals surface area contributed by atoms with Gasteiger partial charge in [-0.1, -0.05) is 48.5 Å². The van der Waals surface area contributed by atoms with Crippen molar-refractivity contribution in [3.8, 4) is 0 Å². The molecule has 384 valence electrons. The molecule has 8 amide bonds. The monoisotopic (exact) mass is 992 g/mol. The fraction of sp³-hybridized carbons (Fsp3) is 0.449. The molecular formula is C49H64N14O9. The van der Waals surface area contributed by atoms with Crippen LogP contribution in [0.15, 0.2) is 78.3 Å². The molecule has 2 aromatic heterocycles. The number of ketones is 1. The average Bonchev–Trinajstić information content (AvgIpc) is 4.15. The molecule has 0 saturated carbocycles. The van der Waals surface area contributed by atoms with Gasteiger partial charge in [0.15, 0.2) is 11.7 Å². The zero-order chi connectivity index (χ0) is 51.7. The molecule has 4 heterocycles. The van der Waals surface area contributed by atoms with E-state index in [1.54, 1.807) is 36.5 Å². The molecule has 7 atom stereocenters. The largest absolute Gasteiger partial charge is 0.370 e. The minimum absolute atomic E-state index is 0.00389. The molecule has 2 aliphatic rings. The van der Waals surface area contributed by atoms with Crippen LogP contribution in [0.4, 0.5) is 0 Å². The summed E-state index contributed by atoms with van der Waals surface area (Å²) in [5.41, 5.74) is 13.7. The average molecular weight is 993 g/mol. The number of carbonyl (C=O) groups is 9. The number of guanidine groups is 1. The highest BCUT2D eigenvalue weighted by molar-refractivity contribution is 5.99. The number of aliphatic imine (C=N–C) groups is 1. The van der Waals surface area contributed by atoms with Crippen LogP contribution in [-0.4, -0.2) is 141 Å². The molecule has 2 aromatic carbocycles. The molecule has 13 N–H and O–H groups in total. The third-order valence-corrected chi connectivity index (χ3v) is 12.5. The van der Waals surface area contributed by atoms with Gasteiger partial charge >= 0.3 is 0 Å². The Hall–Kier alpha value is -8.11. The Morgan fingerprint density at radius 2 is 1.40 bits per heavy atom. The van der Waals surface area contributed by atoms with Crippen LogP contribution < -0.4 is 48.7 Å². The van der Waals surface area contributed by atoms with E-state index >= 15 is 0 Å². The van der Waals surface area contributed by atoms with Crippen molar-refractivity contribution in [3.63, 3.8) is 0 Å². The fourth-order valence-electron chi connectivity index (χ4n) is 8.91. The molecule has 23 nitrogen and oxygen atoms in total. The number of amides is 8. The van der Waals surface area contributed by atoms with E-state index in [4.69, 9.17) is 11.5 Å². The molecule has 0 unspecified atom stereocenters. The maximum absolute atomic E-state index is 14.8. The van der Waals surface area contributed by atoms with Gasteiger partial charge in [0.2, 0.25) is 47.3 Å². The van der Waals surface area contributed by atoms with Crippen molar-refractivity contribution in [2.45, 2.75) is 120 Å². The highest BCUT2D eigenvalue weighted by atomic mass is 16.2. The lowest BCUT2D eigenvalue weighted by Gasteiger charge is -2.30. The Morgan fingerprint density at radius 1 is 0.750 bits per heavy atom. The van der Waals surface area contributed by atoms with Gasteiger partial charge in [-0.3, -0.25) is 48.1 Å². The molecule has 0 spiro atoms. The number of aromatic amines is 2. The number of Topliss-reactive ketones (excluding diaryl/α,β-unsaturated/α-hetero) is 1. The van der Waals surface area contributed by atoms with E-state index in [2.05, 4.69) is 57.2 Å². The van der Waals surface area contributed by atoms with E-state index in [0.29, 0.717) is 29.7 Å². The number of nitrogens with zero attached hydrogens (tertiary/aromatic N) is 3. The smallest absolute Gasteiger partial charge is 0.246 e. The van der Waals surface area contributed by atoms with Gasteiger partial charge in [-0.05, 0) is 62.6 Å². The van der Waals surface area contributed by atoms with E-state index in [1.165, 1.54) is 31.3 Å². The second-order valence-corrected chi connectivity index (χ2v) is 18.0. The molecule has 4 aromatic rings. The summed E-state index contributed by atoms with van der Waals surface area (Å²) >= 11 is 0. The Morgan fingerprint density at radius 3 is 2.10 bits per heavy atom. The minimum Gasteiger partial charge on any atom is -0.370 e. The molecule has 2 fully saturated rings. The zero-order valence-electron chi connectivity index (χ0n) is 40.3. The number of H-pyrrole nitrogens is 2. The molecule has 0 bridgehead atoms. The first-order valence-electron chi connectivity index (χ1n) is 24.0. The molecular weight excluding hydrogens is 929 g/mol. The van der Waals surface area contributed by atoms with Gasteiger partial charge in [0.1, 0.15) is 36.3 Å². The van der Waals surface area contributed by atoms with Crippen LogP contribution in [0, 0.1) is 0 Å². The third kappa shape index (κ3) is 15.2. The van der Waals surface area contributed by atoms with Gasteiger partial charge in [-0.2, -0.15) is 0 Å². The second kappa shape index (κ2) is 25.7. The predicted octanol–water partition coefficient (Wildman–Crippen LogP) is -1.22. The number of fused-ring (bicyclic) bond motifs is 1. The number of imidazole rings is 1. The van der Waals surface area contributed by atoms with Crippen molar-refractivity contribution in [2.24, 2.45) is 16.5 Å². The van der Waals surface area contributed by atoms with Crippen LogP contribution in [0.25, 0.3) is 10.9 Å². The highest BCUT2D eigenvalue weighted by Crippen LogP contribution is 2.22. The first kappa shape index (κ1) is 53.2. The lowest BCUT2D eigenvalue weighted by atomic mass is 10.0. The van der Waals surface area contributed by atoms with Crippen molar-refractivity contribution < 1.29 is 43.2 Å². The number of rotatable bonds is 13. The summed E-state index contributed by atoms with van der Waals surface area (Å²) in [4.78, 5) is 141. The highest BCUT2D eigenvalue weighted by Gasteiger charge is 2.39. The normalized spacial score (nSPS) is 23.2. The second-order valence-electron chi connectivity index (χ2n) is 18.0. The fourth-order valence-corrected chi connectivity index (χ4v) is 8.91. The molecule has 2 aliphatic heterocycles. The Labute approximate surface area is 415 Å². The van der Waals surface area contributed by atoms with Crippen LogP contribution in [0.2, 0.25) is 0 Å². The van der Waals surface area contributed by atoms with Crippen molar-refractivity contribution in [1.82, 2.24) is 57.1 Å². The van der Waals surface area contributed by atoms with Crippen LogP contribution in [0.5, 0.6) is 0 Å². The van der Waals surface area contributed by atoms with E-state index in [-0.39, 0.29) is 76.3 Å². The predicted molar refractivity (Wildman–Crippen MR) is 264 cm³/mol. The maximum atomic E-state index is 14.8. The van der Waals surface area contributed by atoms with Crippen molar-refractivity contribution in [1.29, 1.82) is 0 Å². The lowest BCUT2D eigenvalue weighted by molar-refractivity contribution is -0.142. The molecule has 0 radical (unpaired) electrons. The maximum Gasteiger partial charge on any atom is 0.246 e. The summed E-state index contributed by atoms with van der Waals surface area (Å²) in [6.45, 7) is 2.82. The van der Waals surface area contributed by atoms with E-state index in [0.717, 1.165) is 10.9 Å². The third-order valence-electron chi connectivity index (χ3n) is 12.5. The summed E-state index contributed by atoms with van der Waals surface area (Å²) in [5.74, 6) is -6.29. The SMILES string of the molecule is CC(=O)N[C@H]1CCCNC(=O)C[C@@H](C(=O)N2CCC[C@H]2C(C)=O)NC(=O)[C@H](Cc2c[nH]c3ccccc23)NC(=O)[C@H](CCCN=C(N)N)NC(=O)[C@@H](Cc2ccccc2)NC(=O)[C@H](Cc2cnc[nH]2)NC1=O. The van der Waals surface area contributed by atoms with E-state index in [9.17, 15) is 43.2 Å². The molecule has 72 heavy (non-hydrogen) atoms. The van der Waals surface area contributed by atoms with Crippen LogP contribution >= 0.6 is 0 Å². The van der Waals surface area contributed by atoms with Crippen molar-refractivity contribution in [2.75, 3.05) is 19.6 Å². The summed E-state index contributed by atoms with van der Waals surface area (Å²) in [6.07, 6.45) is 4.84. The summed E-state index contributed by atoms with van der Waals surface area (Å²) in [5, 5.41) is 19.9. The molecule has 6 rings (SSSR count). The van der Waals surface area contributed by atoms with Crippen LogP contribution in [0.1, 0.15) is 75.6 Å². The zero-order valence-corrected chi connectivity index (χ0v) is 40.3. The number of nitrogens with two attached hydrogens (primary N) is 2. The first-order chi connectivity index (χ1) is 34.6. The lowest BCUT2D eigenvalue weighted by Crippen LogP contribution is -2.61. The number of likely N-dealkylation sites (tertiary alicyclic amines) is 1. The van der Waals surface area contributed by atoms with E-state index < -0.39 is 96.0 Å². The number of benzene rings is 2. The first-order valence-corrected chi connectivity index (χ1v) is 24.0. The van der Waals surface area contributed by atoms with Crippen molar-refractivity contribution in [3.05, 3.63) is 90.1 Å². The van der Waals surface area contributed by atoms with E-state index in [1.807, 2.05) is 24.3 Å². The summed E-state index contributed by atoms with van der Waals surface area (Å²) in [7, 11) is 0. The van der Waals surface area contributed by atoms with Gasteiger partial charge < -0.3 is 63.6 Å². The summed E-state index contributed by atoms with van der Waals surface area (Å²) in [6, 6.07) is 7.18. The summed E-state index contributed by atoms with van der Waals surface area (Å²) < 4.78 is 0.